The van der Waals surface area contributed by atoms with E-state index in [1.165, 1.54) is 16.5 Å². The number of ether oxygens (including phenoxy) is 2. The highest BCUT2D eigenvalue weighted by Crippen LogP contribution is 2.33. The van der Waals surface area contributed by atoms with Crippen LogP contribution in [-0.4, -0.2) is 20.5 Å². The molecule has 0 spiro atoms. The molecule has 0 atom stereocenters. The Balaban J connectivity index is 2.63. The van der Waals surface area contributed by atoms with Crippen LogP contribution in [-0.2, 0) is 9.47 Å². The normalized spacial score (nSPS) is 18.5. The summed E-state index contributed by atoms with van der Waals surface area (Å²) in [5.41, 5.74) is 1.26. The van der Waals surface area contributed by atoms with Crippen molar-refractivity contribution in [1.29, 1.82) is 0 Å². The molecule has 0 radical (unpaired) electrons. The maximum absolute atomic E-state index is 5.14. The van der Waals surface area contributed by atoms with Gasteiger partial charge in [0.05, 0.1) is 0 Å². The molecular formula is C8H13BrO2. The van der Waals surface area contributed by atoms with E-state index in [-0.39, 0.29) is 6.29 Å². The molecule has 0 aromatic carbocycles. The van der Waals surface area contributed by atoms with Crippen LogP contribution in [0, 0.1) is 0 Å². The molecular weight excluding hydrogens is 208 g/mol. The quantitative estimate of drug-likeness (QED) is 0.681. The maximum Gasteiger partial charge on any atom is 0.180 e. The molecule has 1 aliphatic rings. The van der Waals surface area contributed by atoms with Crippen LogP contribution in [0.4, 0.5) is 0 Å². The smallest absolute Gasteiger partial charge is 0.180 e. The molecule has 0 aliphatic heterocycles. The van der Waals surface area contributed by atoms with Crippen molar-refractivity contribution in [3.05, 3.63) is 10.1 Å². The fourth-order valence-electron chi connectivity index (χ4n) is 1.36. The second-order valence-corrected chi connectivity index (χ2v) is 3.54. The molecule has 0 saturated heterocycles. The molecule has 0 unspecified atom stereocenters. The van der Waals surface area contributed by atoms with Gasteiger partial charge in [0.1, 0.15) is 0 Å². The zero-order valence-corrected chi connectivity index (χ0v) is 8.48. The van der Waals surface area contributed by atoms with Crippen molar-refractivity contribution in [2.24, 2.45) is 0 Å². The van der Waals surface area contributed by atoms with Gasteiger partial charge in [-0.05, 0) is 29.3 Å². The van der Waals surface area contributed by atoms with Gasteiger partial charge >= 0.3 is 0 Å². The van der Waals surface area contributed by atoms with E-state index >= 15 is 0 Å². The summed E-state index contributed by atoms with van der Waals surface area (Å²) in [4.78, 5) is 0. The summed E-state index contributed by atoms with van der Waals surface area (Å²) in [6.45, 7) is 0. The Bertz CT molecular complexity index is 161. The first-order valence-corrected chi connectivity index (χ1v) is 4.52. The van der Waals surface area contributed by atoms with Crippen LogP contribution in [0.5, 0.6) is 0 Å². The van der Waals surface area contributed by atoms with Crippen LogP contribution in [0.25, 0.3) is 0 Å². The molecule has 2 nitrogen and oxygen atoms in total. The Labute approximate surface area is 75.7 Å². The van der Waals surface area contributed by atoms with Gasteiger partial charge in [-0.15, -0.1) is 0 Å². The summed E-state index contributed by atoms with van der Waals surface area (Å²) in [7, 11) is 3.33. The van der Waals surface area contributed by atoms with Gasteiger partial charge < -0.3 is 9.47 Å². The third-order valence-electron chi connectivity index (χ3n) is 1.90. The molecule has 11 heavy (non-hydrogen) atoms. The average molecular weight is 221 g/mol. The van der Waals surface area contributed by atoms with Gasteiger partial charge in [0.15, 0.2) is 6.29 Å². The second kappa shape index (κ2) is 4.24. The first kappa shape index (κ1) is 9.23. The standard InChI is InChI=1S/C8H13BrO2/c1-10-8(11-2)6-4-3-5-7(6)9/h8H,3-5H2,1-2H3. The second-order valence-electron chi connectivity index (χ2n) is 2.59. The lowest BCUT2D eigenvalue weighted by Gasteiger charge is -2.14. The Hall–Kier alpha value is 0.140. The van der Waals surface area contributed by atoms with Crippen LogP contribution in [0.1, 0.15) is 19.3 Å². The van der Waals surface area contributed by atoms with Gasteiger partial charge in [-0.25, -0.2) is 0 Å². The van der Waals surface area contributed by atoms with Crippen molar-refractivity contribution >= 4 is 15.9 Å². The van der Waals surface area contributed by atoms with E-state index in [2.05, 4.69) is 15.9 Å². The topological polar surface area (TPSA) is 18.5 Å². The van der Waals surface area contributed by atoms with E-state index in [0.717, 1.165) is 12.8 Å². The number of hydrogen-bond donors (Lipinski definition) is 0. The van der Waals surface area contributed by atoms with Crippen LogP contribution >= 0.6 is 15.9 Å². The van der Waals surface area contributed by atoms with Crippen LogP contribution in [0.15, 0.2) is 10.1 Å². The van der Waals surface area contributed by atoms with Crippen LogP contribution < -0.4 is 0 Å². The molecule has 1 rings (SSSR count). The van der Waals surface area contributed by atoms with E-state index in [9.17, 15) is 0 Å². The molecule has 0 N–H and O–H groups in total. The van der Waals surface area contributed by atoms with Crippen molar-refractivity contribution in [2.45, 2.75) is 25.6 Å². The van der Waals surface area contributed by atoms with E-state index in [1.54, 1.807) is 14.2 Å². The van der Waals surface area contributed by atoms with Crippen LogP contribution in [0.2, 0.25) is 0 Å². The lowest BCUT2D eigenvalue weighted by Crippen LogP contribution is -2.15. The molecule has 0 aromatic heterocycles. The number of hydrogen-bond acceptors (Lipinski definition) is 2. The van der Waals surface area contributed by atoms with Crippen molar-refractivity contribution in [3.63, 3.8) is 0 Å². The van der Waals surface area contributed by atoms with E-state index < -0.39 is 0 Å². The predicted octanol–water partition coefficient (Wildman–Crippen LogP) is 2.44. The molecule has 0 amide bonds. The van der Waals surface area contributed by atoms with E-state index in [0.29, 0.717) is 0 Å². The summed E-state index contributed by atoms with van der Waals surface area (Å²) in [5, 5.41) is 0. The minimum atomic E-state index is -0.146. The zero-order chi connectivity index (χ0) is 8.27. The predicted molar refractivity (Wildman–Crippen MR) is 47.6 cm³/mol. The Morgan fingerprint density at radius 2 is 1.91 bits per heavy atom. The van der Waals surface area contributed by atoms with Crippen molar-refractivity contribution < 1.29 is 9.47 Å². The number of rotatable bonds is 3. The molecule has 0 fully saturated rings. The number of allylic oxidation sites excluding steroid dienone is 1. The monoisotopic (exact) mass is 220 g/mol. The van der Waals surface area contributed by atoms with Gasteiger partial charge in [-0.2, -0.15) is 0 Å². The molecule has 0 heterocycles. The third kappa shape index (κ3) is 2.04. The van der Waals surface area contributed by atoms with E-state index in [4.69, 9.17) is 9.47 Å². The summed E-state index contributed by atoms with van der Waals surface area (Å²) in [5.74, 6) is 0. The lowest BCUT2D eigenvalue weighted by atomic mass is 10.2. The van der Waals surface area contributed by atoms with Gasteiger partial charge in [0.2, 0.25) is 0 Å². The molecule has 3 heteroatoms. The first-order chi connectivity index (χ1) is 5.29. The minimum absolute atomic E-state index is 0.146. The Kier molecular flexibility index (Phi) is 3.55. The highest BCUT2D eigenvalue weighted by atomic mass is 79.9. The third-order valence-corrected chi connectivity index (χ3v) is 2.81. The summed E-state index contributed by atoms with van der Waals surface area (Å²) in [6, 6.07) is 0. The van der Waals surface area contributed by atoms with Crippen molar-refractivity contribution in [3.8, 4) is 0 Å². The maximum atomic E-state index is 5.14. The highest BCUT2D eigenvalue weighted by Gasteiger charge is 2.20. The van der Waals surface area contributed by atoms with Crippen LogP contribution in [0.3, 0.4) is 0 Å². The number of methoxy groups -OCH3 is 2. The Morgan fingerprint density at radius 1 is 1.27 bits per heavy atom. The average Bonchev–Trinajstić information content (AvgIpc) is 2.40. The first-order valence-electron chi connectivity index (χ1n) is 3.72. The summed E-state index contributed by atoms with van der Waals surface area (Å²) >= 11 is 3.51. The fourth-order valence-corrected chi connectivity index (χ4v) is 2.02. The largest absolute Gasteiger partial charge is 0.352 e. The molecule has 0 bridgehead atoms. The summed E-state index contributed by atoms with van der Waals surface area (Å²) in [6.07, 6.45) is 3.27. The minimum Gasteiger partial charge on any atom is -0.352 e. The molecule has 1 aliphatic carbocycles. The molecule has 0 aromatic rings. The Morgan fingerprint density at radius 3 is 2.27 bits per heavy atom. The molecule has 0 saturated carbocycles. The van der Waals surface area contributed by atoms with Crippen molar-refractivity contribution in [2.75, 3.05) is 14.2 Å². The van der Waals surface area contributed by atoms with E-state index in [1.807, 2.05) is 0 Å². The van der Waals surface area contributed by atoms with Gasteiger partial charge in [0.25, 0.3) is 0 Å². The zero-order valence-electron chi connectivity index (χ0n) is 6.89. The number of halogens is 1. The summed E-state index contributed by atoms with van der Waals surface area (Å²) < 4.78 is 11.5. The lowest BCUT2D eigenvalue weighted by molar-refractivity contribution is -0.0761. The SMILES string of the molecule is COC(OC)C1=C(Br)CCC1. The van der Waals surface area contributed by atoms with Gasteiger partial charge in [0, 0.05) is 14.2 Å². The highest BCUT2D eigenvalue weighted by molar-refractivity contribution is 9.11. The van der Waals surface area contributed by atoms with Gasteiger partial charge in [-0.1, -0.05) is 15.9 Å². The molecule has 64 valence electrons. The van der Waals surface area contributed by atoms with Gasteiger partial charge in [-0.3, -0.25) is 0 Å². The fraction of sp³-hybridized carbons (Fsp3) is 0.750. The van der Waals surface area contributed by atoms with Crippen molar-refractivity contribution in [1.82, 2.24) is 0 Å².